The zero-order valence-corrected chi connectivity index (χ0v) is 10.5. The molecule has 2 aromatic carbocycles. The van der Waals surface area contributed by atoms with Gasteiger partial charge in [0.05, 0.1) is 0 Å². The molecule has 0 radical (unpaired) electrons. The van der Waals surface area contributed by atoms with Gasteiger partial charge in [0, 0.05) is 16.3 Å². The van der Waals surface area contributed by atoms with Gasteiger partial charge in [0.15, 0.2) is 0 Å². The minimum absolute atomic E-state index is 0.753. The maximum absolute atomic E-state index is 6.22. The Morgan fingerprint density at radius 3 is 2.47 bits per heavy atom. The molecule has 0 aliphatic rings. The van der Waals surface area contributed by atoms with Crippen molar-refractivity contribution in [2.45, 2.75) is 6.92 Å². The zero-order chi connectivity index (χ0) is 12.3. The minimum atomic E-state index is 0.753. The quantitative estimate of drug-likeness (QED) is 0.811. The lowest BCUT2D eigenvalue weighted by Crippen LogP contribution is -1.88. The molecule has 0 saturated heterocycles. The van der Waals surface area contributed by atoms with Crippen LogP contribution in [-0.4, -0.2) is 0 Å². The van der Waals surface area contributed by atoms with E-state index in [0.29, 0.717) is 0 Å². The Morgan fingerprint density at radius 2 is 1.82 bits per heavy atom. The highest BCUT2D eigenvalue weighted by Gasteiger charge is 2.04. The molecule has 0 bridgehead atoms. The SMILES string of the molecule is C=CNc1ccc(Cl)c(-c2ccc(C)cc2)c1. The summed E-state index contributed by atoms with van der Waals surface area (Å²) >= 11 is 6.22. The van der Waals surface area contributed by atoms with Crippen LogP contribution in [0.15, 0.2) is 55.2 Å². The lowest BCUT2D eigenvalue weighted by Gasteiger charge is -2.08. The molecule has 0 unspecified atom stereocenters. The number of anilines is 1. The van der Waals surface area contributed by atoms with Gasteiger partial charge in [-0.3, -0.25) is 0 Å². The van der Waals surface area contributed by atoms with E-state index in [-0.39, 0.29) is 0 Å². The summed E-state index contributed by atoms with van der Waals surface area (Å²) in [6, 6.07) is 14.2. The van der Waals surface area contributed by atoms with Crippen molar-refractivity contribution in [2.75, 3.05) is 5.32 Å². The summed E-state index contributed by atoms with van der Waals surface area (Å²) in [5.74, 6) is 0. The number of halogens is 1. The van der Waals surface area contributed by atoms with Crippen molar-refractivity contribution in [2.24, 2.45) is 0 Å². The summed E-state index contributed by atoms with van der Waals surface area (Å²) in [5, 5.41) is 3.81. The first-order valence-corrected chi connectivity index (χ1v) is 5.82. The van der Waals surface area contributed by atoms with Crippen molar-refractivity contribution in [3.63, 3.8) is 0 Å². The predicted octanol–water partition coefficient (Wildman–Crippen LogP) is 4.87. The van der Waals surface area contributed by atoms with Gasteiger partial charge in [-0.05, 0) is 36.9 Å². The fraction of sp³-hybridized carbons (Fsp3) is 0.0667. The number of nitrogens with one attached hydrogen (secondary N) is 1. The second-order valence-corrected chi connectivity index (χ2v) is 4.32. The van der Waals surface area contributed by atoms with Gasteiger partial charge in [0.2, 0.25) is 0 Å². The molecule has 2 aromatic rings. The van der Waals surface area contributed by atoms with Crippen LogP contribution in [0.1, 0.15) is 5.56 Å². The van der Waals surface area contributed by atoms with Crippen molar-refractivity contribution in [1.29, 1.82) is 0 Å². The van der Waals surface area contributed by atoms with Crippen LogP contribution in [0.5, 0.6) is 0 Å². The maximum Gasteiger partial charge on any atom is 0.0485 e. The highest BCUT2D eigenvalue weighted by atomic mass is 35.5. The normalized spacial score (nSPS) is 10.0. The van der Waals surface area contributed by atoms with Crippen LogP contribution in [0.25, 0.3) is 11.1 Å². The van der Waals surface area contributed by atoms with Gasteiger partial charge in [-0.2, -0.15) is 0 Å². The van der Waals surface area contributed by atoms with Crippen molar-refractivity contribution in [1.82, 2.24) is 0 Å². The van der Waals surface area contributed by atoms with Gasteiger partial charge in [-0.1, -0.05) is 48.0 Å². The lowest BCUT2D eigenvalue weighted by atomic mass is 10.0. The molecule has 0 saturated carbocycles. The van der Waals surface area contributed by atoms with Crippen LogP contribution in [-0.2, 0) is 0 Å². The van der Waals surface area contributed by atoms with Gasteiger partial charge in [0.1, 0.15) is 0 Å². The standard InChI is InChI=1S/C15H14ClN/c1-3-17-13-8-9-15(16)14(10-13)12-6-4-11(2)5-7-12/h3-10,17H,1H2,2H3. The molecule has 2 heteroatoms. The zero-order valence-electron chi connectivity index (χ0n) is 9.70. The molecule has 0 heterocycles. The van der Waals surface area contributed by atoms with E-state index >= 15 is 0 Å². The second kappa shape index (κ2) is 5.07. The van der Waals surface area contributed by atoms with Crippen LogP contribution >= 0.6 is 11.6 Å². The first-order valence-electron chi connectivity index (χ1n) is 5.45. The van der Waals surface area contributed by atoms with Gasteiger partial charge < -0.3 is 5.32 Å². The van der Waals surface area contributed by atoms with Crippen LogP contribution < -0.4 is 5.32 Å². The van der Waals surface area contributed by atoms with E-state index in [0.717, 1.165) is 21.8 Å². The number of benzene rings is 2. The van der Waals surface area contributed by atoms with Crippen molar-refractivity contribution < 1.29 is 0 Å². The summed E-state index contributed by atoms with van der Waals surface area (Å²) in [6.45, 7) is 5.72. The molecule has 0 aromatic heterocycles. The second-order valence-electron chi connectivity index (χ2n) is 3.91. The maximum atomic E-state index is 6.22. The van der Waals surface area contributed by atoms with Crippen LogP contribution in [0.2, 0.25) is 5.02 Å². The predicted molar refractivity (Wildman–Crippen MR) is 75.4 cm³/mol. The molecule has 1 nitrogen and oxygen atoms in total. The molecular formula is C15H14ClN. The Morgan fingerprint density at radius 1 is 1.12 bits per heavy atom. The number of rotatable bonds is 3. The van der Waals surface area contributed by atoms with E-state index in [1.54, 1.807) is 6.20 Å². The highest BCUT2D eigenvalue weighted by molar-refractivity contribution is 6.33. The van der Waals surface area contributed by atoms with Crippen molar-refractivity contribution in [3.05, 3.63) is 65.8 Å². The summed E-state index contributed by atoms with van der Waals surface area (Å²) in [5.41, 5.74) is 4.37. The van der Waals surface area contributed by atoms with Gasteiger partial charge in [-0.25, -0.2) is 0 Å². The monoisotopic (exact) mass is 243 g/mol. The van der Waals surface area contributed by atoms with E-state index in [1.165, 1.54) is 5.56 Å². The summed E-state index contributed by atoms with van der Waals surface area (Å²) in [6.07, 6.45) is 1.65. The topological polar surface area (TPSA) is 12.0 Å². The molecule has 0 spiro atoms. The Kier molecular flexibility index (Phi) is 3.50. The molecule has 86 valence electrons. The highest BCUT2D eigenvalue weighted by Crippen LogP contribution is 2.30. The smallest absolute Gasteiger partial charge is 0.0485 e. The minimum Gasteiger partial charge on any atom is -0.362 e. The molecule has 0 amide bonds. The Balaban J connectivity index is 2.46. The molecule has 1 N–H and O–H groups in total. The molecule has 0 atom stereocenters. The average molecular weight is 244 g/mol. The van der Waals surface area contributed by atoms with Crippen molar-refractivity contribution >= 4 is 17.3 Å². The fourth-order valence-corrected chi connectivity index (χ4v) is 1.91. The van der Waals surface area contributed by atoms with Gasteiger partial charge in [0.25, 0.3) is 0 Å². The molecule has 17 heavy (non-hydrogen) atoms. The third kappa shape index (κ3) is 2.69. The number of hydrogen-bond donors (Lipinski definition) is 1. The van der Waals surface area contributed by atoms with E-state index < -0.39 is 0 Å². The molecule has 0 aliphatic heterocycles. The number of aryl methyl sites for hydroxylation is 1. The third-order valence-corrected chi connectivity index (χ3v) is 2.93. The van der Waals surface area contributed by atoms with Gasteiger partial charge >= 0.3 is 0 Å². The van der Waals surface area contributed by atoms with E-state index in [2.05, 4.69) is 43.1 Å². The van der Waals surface area contributed by atoms with E-state index in [1.807, 2.05) is 18.2 Å². The Labute approximate surface area is 107 Å². The summed E-state index contributed by atoms with van der Waals surface area (Å²) < 4.78 is 0. The number of hydrogen-bond acceptors (Lipinski definition) is 1. The Hall–Kier alpha value is -1.73. The third-order valence-electron chi connectivity index (χ3n) is 2.60. The lowest BCUT2D eigenvalue weighted by molar-refractivity contribution is 1.47. The van der Waals surface area contributed by atoms with E-state index in [9.17, 15) is 0 Å². The van der Waals surface area contributed by atoms with Gasteiger partial charge in [-0.15, -0.1) is 0 Å². The fourth-order valence-electron chi connectivity index (χ4n) is 1.69. The van der Waals surface area contributed by atoms with E-state index in [4.69, 9.17) is 11.6 Å². The average Bonchev–Trinajstić information content (AvgIpc) is 2.33. The largest absolute Gasteiger partial charge is 0.362 e. The first-order chi connectivity index (χ1) is 8.20. The summed E-state index contributed by atoms with van der Waals surface area (Å²) in [4.78, 5) is 0. The van der Waals surface area contributed by atoms with Crippen LogP contribution in [0, 0.1) is 6.92 Å². The Bertz CT molecular complexity index is 529. The summed E-state index contributed by atoms with van der Waals surface area (Å²) in [7, 11) is 0. The van der Waals surface area contributed by atoms with Crippen molar-refractivity contribution in [3.8, 4) is 11.1 Å². The molecule has 2 rings (SSSR count). The first kappa shape index (κ1) is 11.7. The van der Waals surface area contributed by atoms with Crippen LogP contribution in [0.3, 0.4) is 0 Å². The molecule has 0 fully saturated rings. The molecule has 0 aliphatic carbocycles. The van der Waals surface area contributed by atoms with Crippen LogP contribution in [0.4, 0.5) is 5.69 Å². The molecular weight excluding hydrogens is 230 g/mol.